The summed E-state index contributed by atoms with van der Waals surface area (Å²) in [6, 6.07) is 1.29. The van der Waals surface area contributed by atoms with Gasteiger partial charge in [-0.05, 0) is 6.07 Å². The fourth-order valence-electron chi connectivity index (χ4n) is 4.53. The lowest BCUT2D eigenvalue weighted by molar-refractivity contribution is -0.0544. The van der Waals surface area contributed by atoms with Crippen LogP contribution in [-0.2, 0) is 41.3 Å². The first-order valence-electron chi connectivity index (χ1n) is 12.1. The molecule has 5 rings (SSSR count). The van der Waals surface area contributed by atoms with Crippen molar-refractivity contribution in [2.45, 2.75) is 49.4 Å². The van der Waals surface area contributed by atoms with Crippen molar-refractivity contribution in [3.63, 3.8) is 0 Å². The second-order valence-corrected chi connectivity index (χ2v) is 11.6. The fourth-order valence-corrected chi connectivity index (χ4v) is 6.01. The normalized spacial score (nSPS) is 28.2. The molecule has 0 bridgehead atoms. The van der Waals surface area contributed by atoms with Gasteiger partial charge in [0.2, 0.25) is 0 Å². The van der Waals surface area contributed by atoms with Crippen molar-refractivity contribution in [1.82, 2.24) is 29.1 Å². The lowest BCUT2D eigenvalue weighted by Crippen LogP contribution is -2.36. The lowest BCUT2D eigenvalue weighted by Gasteiger charge is -2.17. The minimum atomic E-state index is -4.92. The molecule has 21 nitrogen and oxygen atoms in total. The summed E-state index contributed by atoms with van der Waals surface area (Å²) in [5.74, 6) is -0.0672. The molecule has 43 heavy (non-hydrogen) atoms. The maximum absolute atomic E-state index is 12.8. The van der Waals surface area contributed by atoms with E-state index in [0.29, 0.717) is 0 Å². The zero-order valence-corrected chi connectivity index (χ0v) is 24.1. The van der Waals surface area contributed by atoms with E-state index in [9.17, 15) is 28.4 Å². The van der Waals surface area contributed by atoms with Gasteiger partial charge < -0.3 is 35.1 Å². The minimum Gasteiger partial charge on any atom is -0.386 e. The van der Waals surface area contributed by atoms with Gasteiger partial charge in [0.15, 0.2) is 17.4 Å². The van der Waals surface area contributed by atoms with E-state index >= 15 is 0 Å². The van der Waals surface area contributed by atoms with Crippen molar-refractivity contribution in [1.29, 1.82) is 0 Å². The van der Waals surface area contributed by atoms with Gasteiger partial charge in [0.25, 0.3) is 5.56 Å². The number of aliphatic hydroxyl groups is 1. The molecule has 2 aliphatic rings. The molecule has 5 heterocycles. The average molecular weight is 666 g/mol. The summed E-state index contributed by atoms with van der Waals surface area (Å²) in [7, 11) is -8.72. The molecule has 6 N–H and O–H groups in total. The highest BCUT2D eigenvalue weighted by Gasteiger charge is 2.49. The maximum atomic E-state index is 12.8. The van der Waals surface area contributed by atoms with Crippen molar-refractivity contribution >= 4 is 41.7 Å². The number of nitrogens with one attached hydrogen (secondary N) is 1. The molecule has 0 saturated carbocycles. The third-order valence-corrected chi connectivity index (χ3v) is 8.05. The molecular formula is C19H23N7O14P3+. The monoisotopic (exact) mass is 666 g/mol. The number of aromatic nitrogens is 6. The summed E-state index contributed by atoms with van der Waals surface area (Å²) in [6.07, 6.45) is -4.99. The molecular weight excluding hydrogens is 643 g/mol. The average Bonchev–Trinajstić information content (AvgIpc) is 3.63. The van der Waals surface area contributed by atoms with Crippen LogP contribution in [0.1, 0.15) is 18.9 Å². The van der Waals surface area contributed by atoms with Gasteiger partial charge >= 0.3 is 30.5 Å². The largest absolute Gasteiger partial charge is 0.697 e. The van der Waals surface area contributed by atoms with Crippen LogP contribution in [-0.4, -0.2) is 87.7 Å². The van der Waals surface area contributed by atoms with Crippen LogP contribution in [0.3, 0.4) is 0 Å². The summed E-state index contributed by atoms with van der Waals surface area (Å²) in [6.45, 7) is -1.21. The molecule has 0 amide bonds. The number of H-pyrrole nitrogens is 1. The highest BCUT2D eigenvalue weighted by molar-refractivity contribution is 7.46. The Hall–Kier alpha value is -2.90. The minimum absolute atomic E-state index is 0.0104. The topological polar surface area (TPSA) is 292 Å². The summed E-state index contributed by atoms with van der Waals surface area (Å²) in [5, 5.41) is 10.7. The van der Waals surface area contributed by atoms with E-state index in [2.05, 4.69) is 24.5 Å². The van der Waals surface area contributed by atoms with Crippen LogP contribution >= 0.6 is 24.8 Å². The van der Waals surface area contributed by atoms with E-state index in [1.54, 1.807) is 0 Å². The summed E-state index contributed by atoms with van der Waals surface area (Å²) in [4.78, 5) is 56.5. The number of anilines is 1. The molecule has 8 atom stereocenters. The fraction of sp³-hybridized carbons (Fsp3) is 0.526. The number of nitrogens with two attached hydrogens (primary N) is 1. The van der Waals surface area contributed by atoms with Crippen molar-refractivity contribution in [2.75, 3.05) is 18.9 Å². The van der Waals surface area contributed by atoms with Gasteiger partial charge in [0, 0.05) is 17.2 Å². The molecule has 3 aromatic rings. The number of aliphatic hydroxyl groups excluding tert-OH is 1. The van der Waals surface area contributed by atoms with Crippen LogP contribution in [0.15, 0.2) is 34.5 Å². The van der Waals surface area contributed by atoms with E-state index in [0.717, 1.165) is 10.9 Å². The zero-order valence-electron chi connectivity index (χ0n) is 21.5. The predicted molar refractivity (Wildman–Crippen MR) is 138 cm³/mol. The molecule has 0 spiro atoms. The van der Waals surface area contributed by atoms with Gasteiger partial charge in [-0.15, -0.1) is 9.05 Å². The van der Waals surface area contributed by atoms with Crippen LogP contribution < -0.4 is 17.0 Å². The van der Waals surface area contributed by atoms with E-state index in [1.165, 1.54) is 23.2 Å². The molecule has 2 saturated heterocycles. The summed E-state index contributed by atoms with van der Waals surface area (Å²) < 4.78 is 69.4. The van der Waals surface area contributed by atoms with Crippen molar-refractivity contribution in [3.05, 3.63) is 45.8 Å². The van der Waals surface area contributed by atoms with Crippen LogP contribution in [0.2, 0.25) is 0 Å². The Morgan fingerprint density at radius 3 is 2.72 bits per heavy atom. The van der Waals surface area contributed by atoms with Crippen molar-refractivity contribution in [3.8, 4) is 0 Å². The Morgan fingerprint density at radius 2 is 2.00 bits per heavy atom. The highest BCUT2D eigenvalue weighted by Crippen LogP contribution is 2.42. The SMILES string of the molecule is Nc1ccn([C@H]2OC(CO[P+](=O)O[C@@H]3CC(n4cnc5c(=O)[nH]cnc54)O[C@H]3COP(=O)(O)O)[C@H](OP=O)[C@@H]2O)c(=O)n1. The Balaban J connectivity index is 1.27. The molecule has 3 aromatic heterocycles. The van der Waals surface area contributed by atoms with Gasteiger partial charge in [0.05, 0.1) is 19.3 Å². The second-order valence-electron chi connectivity index (χ2n) is 9.11. The van der Waals surface area contributed by atoms with Gasteiger partial charge in [-0.2, -0.15) is 4.98 Å². The van der Waals surface area contributed by atoms with E-state index in [4.69, 9.17) is 38.6 Å². The standard InChI is InChI=1S/C19H22N7O14P3/c20-11-1-2-25(19(29)24-11)18-14(27)15(39-41-30)10(38-18)4-35-42(31)40-8-3-12(37-9(8)5-36-43(32,33)34)26-7-23-13-16(26)21-6-22-17(13)28/h1-2,6-10,12,14-15,18,27H,3-5H2,(H4-,20,21,22,24,28,29,32,33,34)/p+1/t8-,9+,10?,12?,14+,15+,18+/m1/s1. The van der Waals surface area contributed by atoms with Gasteiger partial charge in [-0.3, -0.25) is 23.0 Å². The third kappa shape index (κ3) is 7.09. The van der Waals surface area contributed by atoms with Crippen molar-refractivity contribution in [2.24, 2.45) is 0 Å². The number of hydrogen-bond acceptors (Lipinski definition) is 16. The van der Waals surface area contributed by atoms with Crippen LogP contribution in [0.4, 0.5) is 5.82 Å². The molecule has 232 valence electrons. The number of phosphoric ester groups is 1. The number of rotatable bonds is 12. The molecule has 2 fully saturated rings. The molecule has 0 aliphatic carbocycles. The van der Waals surface area contributed by atoms with Gasteiger partial charge in [0.1, 0.15) is 49.2 Å². The van der Waals surface area contributed by atoms with Crippen LogP contribution in [0, 0.1) is 0 Å². The molecule has 2 aliphatic heterocycles. The number of hydrogen-bond donors (Lipinski definition) is 5. The first-order valence-corrected chi connectivity index (χ1v) is 15.5. The third-order valence-electron chi connectivity index (χ3n) is 6.43. The smallest absolute Gasteiger partial charge is 0.386 e. The number of ether oxygens (including phenoxy) is 2. The summed E-state index contributed by atoms with van der Waals surface area (Å²) >= 11 is 0. The van der Waals surface area contributed by atoms with Crippen molar-refractivity contribution < 1.29 is 56.2 Å². The molecule has 24 heteroatoms. The first kappa shape index (κ1) is 31.5. The second kappa shape index (κ2) is 13.0. The Kier molecular flexibility index (Phi) is 9.52. The number of fused-ring (bicyclic) bond motifs is 1. The quantitative estimate of drug-likeness (QED) is 0.149. The Bertz CT molecular complexity index is 1660. The van der Waals surface area contributed by atoms with Crippen LogP contribution in [0.5, 0.6) is 0 Å². The Morgan fingerprint density at radius 1 is 1.21 bits per heavy atom. The highest BCUT2D eigenvalue weighted by atomic mass is 31.2. The van der Waals surface area contributed by atoms with E-state index in [1.807, 2.05) is 0 Å². The number of phosphoric acid groups is 1. The predicted octanol–water partition coefficient (Wildman–Crippen LogP) is -0.735. The van der Waals surface area contributed by atoms with E-state index in [-0.39, 0.29) is 23.4 Å². The number of imidazole rings is 1. The Labute approximate surface area is 241 Å². The van der Waals surface area contributed by atoms with Gasteiger partial charge in [-0.1, -0.05) is 0 Å². The number of nitrogens with zero attached hydrogens (tertiary/aromatic N) is 5. The molecule has 3 unspecified atom stereocenters. The first-order chi connectivity index (χ1) is 20.4. The summed E-state index contributed by atoms with van der Waals surface area (Å²) in [5.41, 5.74) is 4.29. The lowest BCUT2D eigenvalue weighted by atomic mass is 10.1. The van der Waals surface area contributed by atoms with Crippen LogP contribution in [0.25, 0.3) is 11.2 Å². The number of nitrogen functional groups attached to an aromatic ring is 1. The van der Waals surface area contributed by atoms with E-state index < -0.39 is 92.2 Å². The number of aromatic amines is 1. The zero-order chi connectivity index (χ0) is 30.9. The molecule has 0 radical (unpaired) electrons. The molecule has 0 aromatic carbocycles. The maximum Gasteiger partial charge on any atom is 0.697 e. The van der Waals surface area contributed by atoms with Gasteiger partial charge in [-0.25, -0.2) is 23.9 Å².